The van der Waals surface area contributed by atoms with E-state index in [2.05, 4.69) is 5.32 Å². The largest absolute Gasteiger partial charge is 0.463 e. The highest BCUT2D eigenvalue weighted by Crippen LogP contribution is 2.26. The van der Waals surface area contributed by atoms with Crippen LogP contribution in [0.15, 0.2) is 0 Å². The summed E-state index contributed by atoms with van der Waals surface area (Å²) in [5.41, 5.74) is 0. The monoisotopic (exact) mass is 347 g/mol. The van der Waals surface area contributed by atoms with E-state index in [0.29, 0.717) is 0 Å². The van der Waals surface area contributed by atoms with Gasteiger partial charge in [0.25, 0.3) is 0 Å². The third-order valence-electron chi connectivity index (χ3n) is 3.09. The highest BCUT2D eigenvalue weighted by Gasteiger charge is 2.50. The molecule has 0 aromatic carbocycles. The lowest BCUT2D eigenvalue weighted by molar-refractivity contribution is -0.264. The third kappa shape index (κ3) is 5.78. The van der Waals surface area contributed by atoms with Crippen LogP contribution in [0.2, 0.25) is 0 Å². The predicted octanol–water partition coefficient (Wildman–Crippen LogP) is -1.37. The summed E-state index contributed by atoms with van der Waals surface area (Å²) in [6, 6.07) is -1.16. The molecule has 0 spiro atoms. The molecule has 0 radical (unpaired) electrons. The standard InChI is InChI=1S/C14H21NO9/c1-6(16)15-11-13(23-9(4)19)12(22-8(3)18)10(24-14(11)20)5-21-7(2)17/h10-14,20H,5H2,1-4H3,(H,15,16)/t10?,11-,12?,13?,14?/m0/s1. The zero-order chi connectivity index (χ0) is 18.4. The van der Waals surface area contributed by atoms with Crippen LogP contribution in [0.25, 0.3) is 0 Å². The van der Waals surface area contributed by atoms with Crippen LogP contribution in [0.5, 0.6) is 0 Å². The topological polar surface area (TPSA) is 137 Å². The number of esters is 3. The van der Waals surface area contributed by atoms with Crippen LogP contribution in [0.3, 0.4) is 0 Å². The van der Waals surface area contributed by atoms with Crippen LogP contribution in [0.1, 0.15) is 27.7 Å². The Balaban J connectivity index is 3.11. The summed E-state index contributed by atoms with van der Waals surface area (Å²) in [5.74, 6) is -2.54. The Morgan fingerprint density at radius 2 is 1.50 bits per heavy atom. The molecular weight excluding hydrogens is 326 g/mol. The summed E-state index contributed by atoms with van der Waals surface area (Å²) in [6.45, 7) is 4.28. The summed E-state index contributed by atoms with van der Waals surface area (Å²) < 4.78 is 20.3. The van der Waals surface area contributed by atoms with Crippen LogP contribution in [-0.2, 0) is 38.1 Å². The summed E-state index contributed by atoms with van der Waals surface area (Å²) in [6.07, 6.45) is -5.06. The van der Waals surface area contributed by atoms with E-state index in [1.165, 1.54) is 13.8 Å². The molecular formula is C14H21NO9. The van der Waals surface area contributed by atoms with Gasteiger partial charge < -0.3 is 29.4 Å². The molecule has 1 aliphatic rings. The Bertz CT molecular complexity index is 506. The lowest BCUT2D eigenvalue weighted by Crippen LogP contribution is -2.66. The van der Waals surface area contributed by atoms with Crippen molar-refractivity contribution in [1.82, 2.24) is 5.32 Å². The fraction of sp³-hybridized carbons (Fsp3) is 0.714. The van der Waals surface area contributed by atoms with Crippen LogP contribution in [-0.4, -0.2) is 66.2 Å². The van der Waals surface area contributed by atoms with Gasteiger partial charge in [0, 0.05) is 27.7 Å². The average molecular weight is 347 g/mol. The highest BCUT2D eigenvalue weighted by molar-refractivity contribution is 5.73. The number of carbonyl (C=O) groups excluding carboxylic acids is 4. The maximum absolute atomic E-state index is 11.4. The van der Waals surface area contributed by atoms with E-state index in [-0.39, 0.29) is 6.61 Å². The van der Waals surface area contributed by atoms with Gasteiger partial charge in [-0.2, -0.15) is 0 Å². The Morgan fingerprint density at radius 3 is 1.96 bits per heavy atom. The van der Waals surface area contributed by atoms with Crippen molar-refractivity contribution in [2.24, 2.45) is 0 Å². The second kappa shape index (κ2) is 8.60. The first-order valence-corrected chi connectivity index (χ1v) is 7.20. The molecule has 0 aromatic heterocycles. The van der Waals surface area contributed by atoms with Crippen LogP contribution in [0.4, 0.5) is 0 Å². The highest BCUT2D eigenvalue weighted by atomic mass is 16.7. The molecule has 10 nitrogen and oxygen atoms in total. The molecule has 0 aliphatic carbocycles. The first kappa shape index (κ1) is 19.8. The van der Waals surface area contributed by atoms with Crippen molar-refractivity contribution in [3.05, 3.63) is 0 Å². The van der Waals surface area contributed by atoms with Crippen molar-refractivity contribution in [1.29, 1.82) is 0 Å². The van der Waals surface area contributed by atoms with Gasteiger partial charge in [-0.25, -0.2) is 0 Å². The first-order valence-electron chi connectivity index (χ1n) is 7.20. The molecule has 1 amide bonds. The van der Waals surface area contributed by atoms with E-state index in [9.17, 15) is 24.3 Å². The zero-order valence-corrected chi connectivity index (χ0v) is 13.8. The molecule has 1 saturated heterocycles. The molecule has 136 valence electrons. The second-order valence-corrected chi connectivity index (χ2v) is 5.24. The molecule has 5 atom stereocenters. The maximum atomic E-state index is 11.4. The Hall–Kier alpha value is -2.20. The van der Waals surface area contributed by atoms with E-state index >= 15 is 0 Å². The molecule has 24 heavy (non-hydrogen) atoms. The number of aliphatic hydroxyl groups is 1. The van der Waals surface area contributed by atoms with Gasteiger partial charge in [0.15, 0.2) is 18.5 Å². The van der Waals surface area contributed by atoms with E-state index in [1.807, 2.05) is 0 Å². The van der Waals surface area contributed by atoms with Gasteiger partial charge in [-0.3, -0.25) is 19.2 Å². The number of carbonyl (C=O) groups is 4. The zero-order valence-electron chi connectivity index (χ0n) is 13.8. The van der Waals surface area contributed by atoms with Crippen LogP contribution in [0, 0.1) is 0 Å². The van der Waals surface area contributed by atoms with Gasteiger partial charge in [0.2, 0.25) is 5.91 Å². The van der Waals surface area contributed by atoms with Gasteiger partial charge in [-0.1, -0.05) is 0 Å². The molecule has 0 saturated carbocycles. The Labute approximate surface area is 138 Å². The maximum Gasteiger partial charge on any atom is 0.303 e. The lowest BCUT2D eigenvalue weighted by Gasteiger charge is -2.43. The van der Waals surface area contributed by atoms with Crippen molar-refractivity contribution in [3.8, 4) is 0 Å². The van der Waals surface area contributed by atoms with E-state index in [0.717, 1.165) is 13.8 Å². The number of rotatable bonds is 5. The normalized spacial score (nSPS) is 29.3. The molecule has 0 aromatic rings. The Kier molecular flexibility index (Phi) is 7.11. The van der Waals surface area contributed by atoms with Gasteiger partial charge >= 0.3 is 17.9 Å². The van der Waals surface area contributed by atoms with E-state index in [4.69, 9.17) is 18.9 Å². The first-order chi connectivity index (χ1) is 11.1. The lowest BCUT2D eigenvalue weighted by atomic mass is 9.96. The molecule has 10 heteroatoms. The van der Waals surface area contributed by atoms with Crippen molar-refractivity contribution in [3.63, 3.8) is 0 Å². The average Bonchev–Trinajstić information content (AvgIpc) is 2.42. The molecule has 0 bridgehead atoms. The minimum atomic E-state index is -1.56. The number of hydrogen-bond acceptors (Lipinski definition) is 9. The summed E-state index contributed by atoms with van der Waals surface area (Å²) in [4.78, 5) is 45.0. The van der Waals surface area contributed by atoms with Crippen LogP contribution >= 0.6 is 0 Å². The summed E-state index contributed by atoms with van der Waals surface area (Å²) in [5, 5.41) is 12.5. The van der Waals surface area contributed by atoms with Crippen molar-refractivity contribution < 1.29 is 43.2 Å². The van der Waals surface area contributed by atoms with Crippen molar-refractivity contribution in [2.45, 2.75) is 58.3 Å². The third-order valence-corrected chi connectivity index (χ3v) is 3.09. The minimum Gasteiger partial charge on any atom is -0.463 e. The molecule has 1 heterocycles. The fourth-order valence-electron chi connectivity index (χ4n) is 2.31. The molecule has 2 N–H and O–H groups in total. The number of amides is 1. The summed E-state index contributed by atoms with van der Waals surface area (Å²) in [7, 11) is 0. The van der Waals surface area contributed by atoms with E-state index < -0.39 is 54.5 Å². The molecule has 1 aliphatic heterocycles. The number of ether oxygens (including phenoxy) is 4. The van der Waals surface area contributed by atoms with Gasteiger partial charge in [-0.05, 0) is 0 Å². The smallest absolute Gasteiger partial charge is 0.303 e. The number of hydrogen-bond donors (Lipinski definition) is 2. The minimum absolute atomic E-state index is 0.338. The predicted molar refractivity (Wildman–Crippen MR) is 76.2 cm³/mol. The number of nitrogens with one attached hydrogen (secondary N) is 1. The molecule has 4 unspecified atom stereocenters. The van der Waals surface area contributed by atoms with Crippen LogP contribution < -0.4 is 5.32 Å². The summed E-state index contributed by atoms with van der Waals surface area (Å²) >= 11 is 0. The van der Waals surface area contributed by atoms with Gasteiger partial charge in [0.05, 0.1) is 0 Å². The van der Waals surface area contributed by atoms with Crippen molar-refractivity contribution >= 4 is 23.8 Å². The van der Waals surface area contributed by atoms with Gasteiger partial charge in [-0.15, -0.1) is 0 Å². The molecule has 1 rings (SSSR count). The second-order valence-electron chi connectivity index (χ2n) is 5.24. The van der Waals surface area contributed by atoms with Gasteiger partial charge in [0.1, 0.15) is 18.8 Å². The number of aliphatic hydroxyl groups excluding tert-OH is 1. The molecule has 1 fully saturated rings. The SMILES string of the molecule is CC(=O)N[C@@H]1C(O)OC(COC(C)=O)C(OC(C)=O)C1OC(C)=O. The van der Waals surface area contributed by atoms with E-state index in [1.54, 1.807) is 0 Å². The van der Waals surface area contributed by atoms with Crippen molar-refractivity contribution in [2.75, 3.05) is 6.61 Å². The Morgan fingerprint density at radius 1 is 0.958 bits per heavy atom. The quantitative estimate of drug-likeness (QED) is 0.456. The fourth-order valence-corrected chi connectivity index (χ4v) is 2.31.